The lowest BCUT2D eigenvalue weighted by atomic mass is 9.77. The number of rotatable bonds is 4. The van der Waals surface area contributed by atoms with E-state index in [1.54, 1.807) is 0 Å². The largest absolute Gasteiger partial charge is 0.334 e. The molecule has 1 aromatic carbocycles. The zero-order valence-corrected chi connectivity index (χ0v) is 13.1. The topological polar surface area (TPSA) is 104 Å². The zero-order valence-electron chi connectivity index (χ0n) is 13.1. The van der Waals surface area contributed by atoms with Gasteiger partial charge in [-0.25, -0.2) is 0 Å². The molecule has 2 fully saturated rings. The minimum Gasteiger partial charge on any atom is -0.334 e. The van der Waals surface area contributed by atoms with Crippen LogP contribution in [0.5, 0.6) is 0 Å². The molecular formula is C17H17N5O2. The summed E-state index contributed by atoms with van der Waals surface area (Å²) in [5, 5.41) is 8.09. The van der Waals surface area contributed by atoms with Gasteiger partial charge in [-0.3, -0.25) is 0 Å². The quantitative estimate of drug-likeness (QED) is 0.787. The van der Waals surface area contributed by atoms with Gasteiger partial charge in [-0.15, -0.1) is 0 Å². The molecule has 2 aromatic heterocycles. The third kappa shape index (κ3) is 2.24. The molecule has 3 aromatic rings. The predicted octanol–water partition coefficient (Wildman–Crippen LogP) is 3.00. The Morgan fingerprint density at radius 3 is 2.12 bits per heavy atom. The SMILES string of the molecule is NC1(c2noc(-c3ccc(-c4nc(C5CC5)no4)cc3)n2)CCC1. The highest BCUT2D eigenvalue weighted by Gasteiger charge is 2.39. The molecule has 0 aliphatic heterocycles. The van der Waals surface area contributed by atoms with Crippen molar-refractivity contribution in [3.8, 4) is 22.9 Å². The van der Waals surface area contributed by atoms with E-state index in [2.05, 4.69) is 20.3 Å². The van der Waals surface area contributed by atoms with Gasteiger partial charge in [0.25, 0.3) is 11.8 Å². The summed E-state index contributed by atoms with van der Waals surface area (Å²) >= 11 is 0. The normalized spacial score (nSPS) is 19.2. The van der Waals surface area contributed by atoms with Gasteiger partial charge in [0.05, 0.1) is 5.54 Å². The molecule has 24 heavy (non-hydrogen) atoms. The van der Waals surface area contributed by atoms with Gasteiger partial charge in [-0.1, -0.05) is 10.3 Å². The highest BCUT2D eigenvalue weighted by Crippen LogP contribution is 2.39. The fraction of sp³-hybridized carbons (Fsp3) is 0.412. The Hall–Kier alpha value is -2.54. The standard InChI is InChI=1S/C17H17N5O2/c18-17(8-1-9-17)16-20-15(24-22-16)12-6-4-11(5-7-12)14-19-13(21-23-14)10-2-3-10/h4-7,10H,1-3,8-9,18H2. The van der Waals surface area contributed by atoms with Crippen molar-refractivity contribution in [3.05, 3.63) is 35.9 Å². The average Bonchev–Trinajstić information content (AvgIpc) is 3.12. The molecule has 122 valence electrons. The molecule has 2 heterocycles. The van der Waals surface area contributed by atoms with E-state index in [9.17, 15) is 0 Å². The van der Waals surface area contributed by atoms with Gasteiger partial charge >= 0.3 is 0 Å². The van der Waals surface area contributed by atoms with E-state index in [0.29, 0.717) is 23.5 Å². The number of benzene rings is 1. The van der Waals surface area contributed by atoms with Crippen molar-refractivity contribution in [2.75, 3.05) is 0 Å². The van der Waals surface area contributed by atoms with Crippen LogP contribution in [0.15, 0.2) is 33.3 Å². The van der Waals surface area contributed by atoms with E-state index < -0.39 is 5.54 Å². The number of hydrogen-bond donors (Lipinski definition) is 1. The Kier molecular flexibility index (Phi) is 2.87. The first-order valence-electron chi connectivity index (χ1n) is 8.29. The zero-order chi connectivity index (χ0) is 16.1. The lowest BCUT2D eigenvalue weighted by Crippen LogP contribution is -2.44. The van der Waals surface area contributed by atoms with Crippen molar-refractivity contribution < 1.29 is 9.05 Å². The number of nitrogens with two attached hydrogens (primary N) is 1. The van der Waals surface area contributed by atoms with E-state index in [1.165, 1.54) is 0 Å². The van der Waals surface area contributed by atoms with Crippen molar-refractivity contribution in [1.82, 2.24) is 20.3 Å². The average molecular weight is 323 g/mol. The number of aromatic nitrogens is 4. The van der Waals surface area contributed by atoms with Crippen molar-refractivity contribution >= 4 is 0 Å². The van der Waals surface area contributed by atoms with E-state index in [0.717, 1.165) is 49.1 Å². The summed E-state index contributed by atoms with van der Waals surface area (Å²) in [5.74, 6) is 2.92. The Morgan fingerprint density at radius 1 is 0.917 bits per heavy atom. The summed E-state index contributed by atoms with van der Waals surface area (Å²) in [6.07, 6.45) is 5.24. The summed E-state index contributed by atoms with van der Waals surface area (Å²) in [4.78, 5) is 8.91. The fourth-order valence-corrected chi connectivity index (χ4v) is 2.94. The first-order valence-corrected chi connectivity index (χ1v) is 8.29. The monoisotopic (exact) mass is 323 g/mol. The maximum absolute atomic E-state index is 6.23. The smallest absolute Gasteiger partial charge is 0.257 e. The molecule has 2 aliphatic carbocycles. The third-order valence-electron chi connectivity index (χ3n) is 4.88. The molecule has 2 aliphatic rings. The van der Waals surface area contributed by atoms with E-state index in [-0.39, 0.29) is 0 Å². The highest BCUT2D eigenvalue weighted by molar-refractivity contribution is 5.61. The summed E-state index contributed by atoms with van der Waals surface area (Å²) in [6, 6.07) is 7.67. The number of hydrogen-bond acceptors (Lipinski definition) is 7. The van der Waals surface area contributed by atoms with E-state index >= 15 is 0 Å². The van der Waals surface area contributed by atoms with Crippen LogP contribution in [0.25, 0.3) is 22.9 Å². The van der Waals surface area contributed by atoms with E-state index in [1.807, 2.05) is 24.3 Å². The lowest BCUT2D eigenvalue weighted by molar-refractivity contribution is 0.229. The minimum atomic E-state index is -0.412. The molecule has 7 heteroatoms. The van der Waals surface area contributed by atoms with Gasteiger partial charge in [0, 0.05) is 17.0 Å². The molecular weight excluding hydrogens is 306 g/mol. The molecule has 5 rings (SSSR count). The molecule has 2 saturated carbocycles. The molecule has 2 N–H and O–H groups in total. The van der Waals surface area contributed by atoms with E-state index in [4.69, 9.17) is 14.8 Å². The van der Waals surface area contributed by atoms with Crippen LogP contribution in [0, 0.1) is 0 Å². The van der Waals surface area contributed by atoms with Crippen LogP contribution in [0.2, 0.25) is 0 Å². The molecule has 0 spiro atoms. The van der Waals surface area contributed by atoms with Gasteiger partial charge in [0.15, 0.2) is 11.6 Å². The molecule has 0 bridgehead atoms. The summed E-state index contributed by atoms with van der Waals surface area (Å²) in [5.41, 5.74) is 7.55. The second-order valence-electron chi connectivity index (χ2n) is 6.74. The van der Waals surface area contributed by atoms with Crippen molar-refractivity contribution in [3.63, 3.8) is 0 Å². The third-order valence-corrected chi connectivity index (χ3v) is 4.88. The van der Waals surface area contributed by atoms with Gasteiger partial charge in [0.1, 0.15) is 0 Å². The molecule has 7 nitrogen and oxygen atoms in total. The second-order valence-corrected chi connectivity index (χ2v) is 6.74. The summed E-state index contributed by atoms with van der Waals surface area (Å²) < 4.78 is 10.7. The maximum Gasteiger partial charge on any atom is 0.257 e. The highest BCUT2D eigenvalue weighted by atomic mass is 16.5. The molecule has 0 radical (unpaired) electrons. The van der Waals surface area contributed by atoms with Crippen molar-refractivity contribution in [1.29, 1.82) is 0 Å². The lowest BCUT2D eigenvalue weighted by Gasteiger charge is -2.34. The van der Waals surface area contributed by atoms with Crippen LogP contribution in [-0.2, 0) is 5.54 Å². The predicted molar refractivity (Wildman–Crippen MR) is 84.7 cm³/mol. The van der Waals surface area contributed by atoms with Gasteiger partial charge in [0.2, 0.25) is 0 Å². The first kappa shape index (κ1) is 13.9. The summed E-state index contributed by atoms with van der Waals surface area (Å²) in [7, 11) is 0. The van der Waals surface area contributed by atoms with Crippen molar-refractivity contribution in [2.24, 2.45) is 5.73 Å². The van der Waals surface area contributed by atoms with Crippen LogP contribution >= 0.6 is 0 Å². The van der Waals surface area contributed by atoms with Gasteiger partial charge in [-0.05, 0) is 56.4 Å². The molecule has 0 atom stereocenters. The number of nitrogens with zero attached hydrogens (tertiary/aromatic N) is 4. The maximum atomic E-state index is 6.23. The van der Waals surface area contributed by atoms with Crippen LogP contribution < -0.4 is 5.73 Å². The minimum absolute atomic E-state index is 0.412. The first-order chi connectivity index (χ1) is 11.7. The Morgan fingerprint density at radius 2 is 1.54 bits per heavy atom. The molecule has 0 saturated heterocycles. The van der Waals surface area contributed by atoms with Crippen molar-refractivity contribution in [2.45, 2.75) is 43.6 Å². The van der Waals surface area contributed by atoms with Crippen LogP contribution in [0.3, 0.4) is 0 Å². The summed E-state index contributed by atoms with van der Waals surface area (Å²) in [6.45, 7) is 0. The van der Waals surface area contributed by atoms with Gasteiger partial charge < -0.3 is 14.8 Å². The fourth-order valence-electron chi connectivity index (χ4n) is 2.94. The van der Waals surface area contributed by atoms with Crippen LogP contribution in [-0.4, -0.2) is 20.3 Å². The molecule has 0 unspecified atom stereocenters. The van der Waals surface area contributed by atoms with Crippen LogP contribution in [0.1, 0.15) is 49.7 Å². The Labute approximate surface area is 138 Å². The molecule has 0 amide bonds. The van der Waals surface area contributed by atoms with Crippen LogP contribution in [0.4, 0.5) is 0 Å². The van der Waals surface area contributed by atoms with Gasteiger partial charge in [-0.2, -0.15) is 9.97 Å². The Bertz CT molecular complexity index is 875. The second kappa shape index (κ2) is 4.98. The Balaban J connectivity index is 1.39.